The van der Waals surface area contributed by atoms with Crippen molar-refractivity contribution in [1.29, 1.82) is 0 Å². The Morgan fingerprint density at radius 3 is 2.73 bits per heavy atom. The third-order valence-electron chi connectivity index (χ3n) is 3.34. The van der Waals surface area contributed by atoms with Gasteiger partial charge in [0.15, 0.2) is 0 Å². The summed E-state index contributed by atoms with van der Waals surface area (Å²) in [6, 6.07) is 0.864. The Balaban J connectivity index is 2.17. The molecule has 0 aliphatic carbocycles. The van der Waals surface area contributed by atoms with Gasteiger partial charge in [0.1, 0.15) is 0 Å². The van der Waals surface area contributed by atoms with Crippen LogP contribution in [-0.4, -0.2) is 37.1 Å². The lowest BCUT2D eigenvalue weighted by atomic mass is 9.99. The molecular weight excluding hydrogens is 184 g/mol. The summed E-state index contributed by atoms with van der Waals surface area (Å²) in [5.41, 5.74) is 0. The van der Waals surface area contributed by atoms with Crippen LogP contribution in [0.1, 0.15) is 52.4 Å². The standard InChI is InChI=1S/C13H28N2/c1-3-9-14-10-8-13-7-5-6-12-15(13)11-4-2/h13-14H,3-12H2,1-2H3/t13-/m0/s1. The van der Waals surface area contributed by atoms with Gasteiger partial charge in [-0.1, -0.05) is 20.3 Å². The lowest BCUT2D eigenvalue weighted by Crippen LogP contribution is -2.41. The molecule has 0 spiro atoms. The van der Waals surface area contributed by atoms with E-state index in [4.69, 9.17) is 0 Å². The molecule has 1 N–H and O–H groups in total. The molecule has 0 amide bonds. The average Bonchev–Trinajstić information content (AvgIpc) is 2.27. The van der Waals surface area contributed by atoms with Crippen molar-refractivity contribution in [2.45, 2.75) is 58.4 Å². The van der Waals surface area contributed by atoms with E-state index in [1.807, 2.05) is 0 Å². The molecule has 0 radical (unpaired) electrons. The normalized spacial score (nSPS) is 23.2. The van der Waals surface area contributed by atoms with E-state index in [2.05, 4.69) is 24.1 Å². The highest BCUT2D eigenvalue weighted by atomic mass is 15.2. The van der Waals surface area contributed by atoms with E-state index in [1.54, 1.807) is 0 Å². The zero-order valence-corrected chi connectivity index (χ0v) is 10.6. The molecule has 1 aliphatic heterocycles. The minimum Gasteiger partial charge on any atom is -0.317 e. The van der Waals surface area contributed by atoms with Crippen molar-refractivity contribution in [2.24, 2.45) is 0 Å². The lowest BCUT2D eigenvalue weighted by molar-refractivity contribution is 0.140. The maximum atomic E-state index is 3.52. The van der Waals surface area contributed by atoms with Crippen LogP contribution in [0.2, 0.25) is 0 Å². The van der Waals surface area contributed by atoms with Gasteiger partial charge in [-0.15, -0.1) is 0 Å². The van der Waals surface area contributed by atoms with Crippen LogP contribution in [0.25, 0.3) is 0 Å². The quantitative estimate of drug-likeness (QED) is 0.653. The molecule has 90 valence electrons. The van der Waals surface area contributed by atoms with Gasteiger partial charge in [0.25, 0.3) is 0 Å². The Kier molecular flexibility index (Phi) is 7.03. The summed E-state index contributed by atoms with van der Waals surface area (Å²) in [4.78, 5) is 2.71. The fraction of sp³-hybridized carbons (Fsp3) is 1.00. The van der Waals surface area contributed by atoms with E-state index >= 15 is 0 Å². The molecule has 0 aromatic heterocycles. The van der Waals surface area contributed by atoms with E-state index in [0.29, 0.717) is 0 Å². The Morgan fingerprint density at radius 1 is 1.13 bits per heavy atom. The smallest absolute Gasteiger partial charge is 0.0107 e. The van der Waals surface area contributed by atoms with Crippen LogP contribution in [0.5, 0.6) is 0 Å². The van der Waals surface area contributed by atoms with Crippen LogP contribution < -0.4 is 5.32 Å². The van der Waals surface area contributed by atoms with Gasteiger partial charge in [0, 0.05) is 6.04 Å². The Labute approximate surface area is 95.4 Å². The minimum absolute atomic E-state index is 0.864. The molecule has 1 aliphatic rings. The van der Waals surface area contributed by atoms with Crippen LogP contribution in [0.4, 0.5) is 0 Å². The first-order valence-electron chi connectivity index (χ1n) is 6.83. The summed E-state index contributed by atoms with van der Waals surface area (Å²) < 4.78 is 0. The molecule has 1 atom stereocenters. The topological polar surface area (TPSA) is 15.3 Å². The van der Waals surface area contributed by atoms with Gasteiger partial charge in [0.05, 0.1) is 0 Å². The van der Waals surface area contributed by atoms with Crippen LogP contribution in [0.3, 0.4) is 0 Å². The molecule has 0 aromatic carbocycles. The molecule has 1 rings (SSSR count). The number of rotatable bonds is 7. The first-order valence-corrected chi connectivity index (χ1v) is 6.83. The number of hydrogen-bond donors (Lipinski definition) is 1. The molecule has 0 aromatic rings. The van der Waals surface area contributed by atoms with Crippen molar-refractivity contribution in [1.82, 2.24) is 10.2 Å². The lowest BCUT2D eigenvalue weighted by Gasteiger charge is -2.35. The monoisotopic (exact) mass is 212 g/mol. The molecule has 0 bridgehead atoms. The second-order valence-corrected chi connectivity index (χ2v) is 4.72. The average molecular weight is 212 g/mol. The number of nitrogens with zero attached hydrogens (tertiary/aromatic N) is 1. The van der Waals surface area contributed by atoms with E-state index in [-0.39, 0.29) is 0 Å². The van der Waals surface area contributed by atoms with E-state index in [1.165, 1.54) is 64.7 Å². The van der Waals surface area contributed by atoms with Gasteiger partial charge in [-0.3, -0.25) is 0 Å². The maximum Gasteiger partial charge on any atom is 0.0107 e. The highest BCUT2D eigenvalue weighted by molar-refractivity contribution is 4.77. The van der Waals surface area contributed by atoms with Gasteiger partial charge in [0.2, 0.25) is 0 Å². The van der Waals surface area contributed by atoms with Crippen molar-refractivity contribution in [3.05, 3.63) is 0 Å². The predicted octanol–water partition coefficient (Wildman–Crippen LogP) is 2.64. The predicted molar refractivity (Wildman–Crippen MR) is 67.3 cm³/mol. The maximum absolute atomic E-state index is 3.52. The zero-order chi connectivity index (χ0) is 10.9. The number of hydrogen-bond acceptors (Lipinski definition) is 2. The second kappa shape index (κ2) is 8.12. The number of nitrogens with one attached hydrogen (secondary N) is 1. The largest absolute Gasteiger partial charge is 0.317 e. The van der Waals surface area contributed by atoms with Gasteiger partial charge in [-0.05, 0) is 58.3 Å². The van der Waals surface area contributed by atoms with Crippen molar-refractivity contribution in [3.63, 3.8) is 0 Å². The van der Waals surface area contributed by atoms with E-state index < -0.39 is 0 Å². The van der Waals surface area contributed by atoms with Crippen molar-refractivity contribution >= 4 is 0 Å². The van der Waals surface area contributed by atoms with Crippen LogP contribution >= 0.6 is 0 Å². The summed E-state index contributed by atoms with van der Waals surface area (Å²) >= 11 is 0. The van der Waals surface area contributed by atoms with Crippen molar-refractivity contribution in [3.8, 4) is 0 Å². The third kappa shape index (κ3) is 4.98. The summed E-state index contributed by atoms with van der Waals surface area (Å²) in [6.07, 6.45) is 8.19. The first kappa shape index (κ1) is 13.0. The van der Waals surface area contributed by atoms with E-state index in [9.17, 15) is 0 Å². The molecule has 1 fully saturated rings. The van der Waals surface area contributed by atoms with Crippen LogP contribution in [0.15, 0.2) is 0 Å². The Bertz CT molecular complexity index is 145. The van der Waals surface area contributed by atoms with Crippen molar-refractivity contribution in [2.75, 3.05) is 26.2 Å². The van der Waals surface area contributed by atoms with Gasteiger partial charge in [-0.2, -0.15) is 0 Å². The highest BCUT2D eigenvalue weighted by Crippen LogP contribution is 2.19. The van der Waals surface area contributed by atoms with Gasteiger partial charge < -0.3 is 10.2 Å². The molecule has 2 nitrogen and oxygen atoms in total. The summed E-state index contributed by atoms with van der Waals surface area (Å²) in [6.45, 7) is 9.56. The highest BCUT2D eigenvalue weighted by Gasteiger charge is 2.20. The molecule has 1 heterocycles. The molecular formula is C13H28N2. The van der Waals surface area contributed by atoms with Crippen molar-refractivity contribution < 1.29 is 0 Å². The molecule has 1 saturated heterocycles. The summed E-state index contributed by atoms with van der Waals surface area (Å²) in [5, 5.41) is 3.52. The minimum atomic E-state index is 0.864. The fourth-order valence-electron chi connectivity index (χ4n) is 2.54. The summed E-state index contributed by atoms with van der Waals surface area (Å²) in [5.74, 6) is 0. The molecule has 15 heavy (non-hydrogen) atoms. The number of piperidine rings is 1. The van der Waals surface area contributed by atoms with Gasteiger partial charge in [-0.25, -0.2) is 0 Å². The molecule has 0 saturated carbocycles. The Morgan fingerprint density at radius 2 is 2.00 bits per heavy atom. The Hall–Kier alpha value is -0.0800. The van der Waals surface area contributed by atoms with Gasteiger partial charge >= 0.3 is 0 Å². The zero-order valence-electron chi connectivity index (χ0n) is 10.6. The summed E-state index contributed by atoms with van der Waals surface area (Å²) in [7, 11) is 0. The third-order valence-corrected chi connectivity index (χ3v) is 3.34. The molecule has 2 heteroatoms. The van der Waals surface area contributed by atoms with Crippen LogP contribution in [-0.2, 0) is 0 Å². The van der Waals surface area contributed by atoms with E-state index in [0.717, 1.165) is 6.04 Å². The fourth-order valence-corrected chi connectivity index (χ4v) is 2.54. The number of likely N-dealkylation sites (tertiary alicyclic amines) is 1. The SMILES string of the molecule is CCCNCC[C@@H]1CCCCN1CCC. The first-order chi connectivity index (χ1) is 7.38. The second-order valence-electron chi connectivity index (χ2n) is 4.72. The van der Waals surface area contributed by atoms with Crippen LogP contribution in [0, 0.1) is 0 Å². The molecule has 0 unspecified atom stereocenters.